The zero-order chi connectivity index (χ0) is 20.6. The highest BCUT2D eigenvalue weighted by atomic mass is 16.6. The molecular formula is C21H29N3O4. The van der Waals surface area contributed by atoms with Crippen LogP contribution in [0.4, 0.5) is 4.79 Å². The van der Waals surface area contributed by atoms with E-state index in [1.165, 1.54) is 0 Å². The van der Waals surface area contributed by atoms with E-state index in [0.717, 1.165) is 18.5 Å². The number of likely N-dealkylation sites (tertiary alicyclic amines) is 1. The lowest BCUT2D eigenvalue weighted by atomic mass is 9.90. The molecule has 28 heavy (non-hydrogen) atoms. The first kappa shape index (κ1) is 20.2. The number of hydrogen-bond acceptors (Lipinski definition) is 4. The fourth-order valence-electron chi connectivity index (χ4n) is 4.13. The molecule has 0 spiro atoms. The molecule has 0 bridgehead atoms. The van der Waals surface area contributed by atoms with Crippen molar-refractivity contribution in [3.8, 4) is 0 Å². The maximum absolute atomic E-state index is 12.3. The summed E-state index contributed by atoms with van der Waals surface area (Å²) in [6.07, 6.45) is 3.11. The number of carbonyl (C=O) groups is 2. The molecule has 3 heterocycles. The Morgan fingerprint density at radius 2 is 1.93 bits per heavy atom. The maximum Gasteiger partial charge on any atom is 0.410 e. The zero-order valence-electron chi connectivity index (χ0n) is 17.2. The molecule has 1 aliphatic heterocycles. The van der Waals surface area contributed by atoms with Crippen molar-refractivity contribution in [2.75, 3.05) is 13.1 Å². The standard InChI is InChI=1S/C21H29N3O4/c1-13(15-8-11-23(12-9-15)20(27)28-21(3,4)5)24-14(2)17(19(25)26)16-7-6-10-22-18(16)24/h6-7,10,13,15H,8-9,11-12H2,1-5H3,(H,25,26)/t13-/m1/s1. The van der Waals surface area contributed by atoms with E-state index in [1.54, 1.807) is 17.2 Å². The van der Waals surface area contributed by atoms with Gasteiger partial charge in [0.2, 0.25) is 0 Å². The zero-order valence-corrected chi connectivity index (χ0v) is 17.2. The van der Waals surface area contributed by atoms with Crippen LogP contribution in [-0.4, -0.2) is 50.3 Å². The summed E-state index contributed by atoms with van der Waals surface area (Å²) >= 11 is 0. The summed E-state index contributed by atoms with van der Waals surface area (Å²) in [7, 11) is 0. The third kappa shape index (κ3) is 3.84. The fraction of sp³-hybridized carbons (Fsp3) is 0.571. The van der Waals surface area contributed by atoms with Gasteiger partial charge in [-0.2, -0.15) is 0 Å². The van der Waals surface area contributed by atoms with Crippen molar-refractivity contribution in [1.82, 2.24) is 14.5 Å². The van der Waals surface area contributed by atoms with Crippen LogP contribution in [0, 0.1) is 12.8 Å². The number of aromatic carboxylic acids is 1. The van der Waals surface area contributed by atoms with Crippen molar-refractivity contribution in [3.63, 3.8) is 0 Å². The molecule has 0 aromatic carbocycles. The van der Waals surface area contributed by atoms with E-state index in [4.69, 9.17) is 4.74 Å². The number of carboxylic acids is 1. The summed E-state index contributed by atoms with van der Waals surface area (Å²) in [5, 5.41) is 10.3. The first-order valence-corrected chi connectivity index (χ1v) is 9.77. The number of hydrogen-bond donors (Lipinski definition) is 1. The second-order valence-electron chi connectivity index (χ2n) is 8.56. The number of fused-ring (bicyclic) bond motifs is 1. The molecule has 1 atom stereocenters. The van der Waals surface area contributed by atoms with Gasteiger partial charge in [-0.05, 0) is 65.5 Å². The molecule has 7 heteroatoms. The van der Waals surface area contributed by atoms with Crippen molar-refractivity contribution in [2.45, 2.75) is 59.1 Å². The first-order chi connectivity index (χ1) is 13.1. The number of rotatable bonds is 3. The summed E-state index contributed by atoms with van der Waals surface area (Å²) in [4.78, 5) is 30.3. The minimum atomic E-state index is -0.929. The van der Waals surface area contributed by atoms with Gasteiger partial charge in [0.25, 0.3) is 0 Å². The molecule has 0 aliphatic carbocycles. The van der Waals surface area contributed by atoms with Crippen LogP contribution in [0.25, 0.3) is 11.0 Å². The lowest BCUT2D eigenvalue weighted by Crippen LogP contribution is -2.42. The second-order valence-corrected chi connectivity index (χ2v) is 8.56. The maximum atomic E-state index is 12.3. The number of nitrogens with zero attached hydrogens (tertiary/aromatic N) is 3. The monoisotopic (exact) mass is 387 g/mol. The van der Waals surface area contributed by atoms with E-state index in [9.17, 15) is 14.7 Å². The number of carbonyl (C=O) groups excluding carboxylic acids is 1. The number of pyridine rings is 1. The highest BCUT2D eigenvalue weighted by Crippen LogP contribution is 2.35. The largest absolute Gasteiger partial charge is 0.478 e. The van der Waals surface area contributed by atoms with Crippen molar-refractivity contribution < 1.29 is 19.4 Å². The van der Waals surface area contributed by atoms with E-state index in [2.05, 4.69) is 11.9 Å². The fourth-order valence-corrected chi connectivity index (χ4v) is 4.13. The molecule has 152 valence electrons. The number of ether oxygens (including phenoxy) is 1. The van der Waals surface area contributed by atoms with E-state index >= 15 is 0 Å². The quantitative estimate of drug-likeness (QED) is 0.851. The van der Waals surface area contributed by atoms with Crippen LogP contribution in [0.15, 0.2) is 18.3 Å². The first-order valence-electron chi connectivity index (χ1n) is 9.77. The predicted octanol–water partition coefficient (Wildman–Crippen LogP) is 4.25. The van der Waals surface area contributed by atoms with Crippen LogP contribution in [-0.2, 0) is 4.74 Å². The van der Waals surface area contributed by atoms with Crippen LogP contribution >= 0.6 is 0 Å². The third-order valence-electron chi connectivity index (χ3n) is 5.50. The molecule has 0 saturated carbocycles. The SMILES string of the molecule is Cc1c(C(=O)O)c2cccnc2n1[C@H](C)C1CCN(C(=O)OC(C)(C)C)CC1. The number of piperidine rings is 1. The van der Waals surface area contributed by atoms with E-state index in [1.807, 2.05) is 38.3 Å². The van der Waals surface area contributed by atoms with E-state index in [-0.39, 0.29) is 12.1 Å². The van der Waals surface area contributed by atoms with Gasteiger partial charge in [0.15, 0.2) is 0 Å². The predicted molar refractivity (Wildman–Crippen MR) is 107 cm³/mol. The third-order valence-corrected chi connectivity index (χ3v) is 5.50. The van der Waals surface area contributed by atoms with E-state index in [0.29, 0.717) is 35.6 Å². The average molecular weight is 387 g/mol. The highest BCUT2D eigenvalue weighted by Gasteiger charge is 2.32. The molecule has 2 aromatic rings. The van der Waals surface area contributed by atoms with Crippen molar-refractivity contribution in [3.05, 3.63) is 29.6 Å². The molecule has 1 N–H and O–H groups in total. The van der Waals surface area contributed by atoms with E-state index < -0.39 is 11.6 Å². The Morgan fingerprint density at radius 3 is 2.50 bits per heavy atom. The Labute approximate surface area is 165 Å². The minimum absolute atomic E-state index is 0.0892. The number of amides is 1. The van der Waals surface area contributed by atoms with Crippen LogP contribution < -0.4 is 0 Å². The van der Waals surface area contributed by atoms with Crippen molar-refractivity contribution in [2.24, 2.45) is 5.92 Å². The molecule has 1 fully saturated rings. The molecular weight excluding hydrogens is 358 g/mol. The molecule has 2 aromatic heterocycles. The summed E-state index contributed by atoms with van der Waals surface area (Å²) in [5.41, 5.74) is 1.25. The van der Waals surface area contributed by atoms with Gasteiger partial charge >= 0.3 is 12.1 Å². The summed E-state index contributed by atoms with van der Waals surface area (Å²) in [6.45, 7) is 10.8. The van der Waals surface area contributed by atoms with Gasteiger partial charge in [0.1, 0.15) is 11.2 Å². The van der Waals surface area contributed by atoms with Gasteiger partial charge in [0, 0.05) is 36.4 Å². The molecule has 3 rings (SSSR count). The van der Waals surface area contributed by atoms with Crippen LogP contribution in [0.3, 0.4) is 0 Å². The Hall–Kier alpha value is -2.57. The summed E-state index contributed by atoms with van der Waals surface area (Å²) in [5.74, 6) is -0.599. The smallest absolute Gasteiger partial charge is 0.410 e. The topological polar surface area (TPSA) is 84.7 Å². The molecule has 1 saturated heterocycles. The minimum Gasteiger partial charge on any atom is -0.478 e. The van der Waals surface area contributed by atoms with Crippen LogP contribution in [0.2, 0.25) is 0 Å². The summed E-state index contributed by atoms with van der Waals surface area (Å²) in [6, 6.07) is 3.67. The lowest BCUT2D eigenvalue weighted by Gasteiger charge is -2.36. The van der Waals surface area contributed by atoms with Crippen LogP contribution in [0.1, 0.15) is 62.6 Å². The Bertz CT molecular complexity index is 889. The van der Waals surface area contributed by atoms with Gasteiger partial charge < -0.3 is 19.3 Å². The summed E-state index contributed by atoms with van der Waals surface area (Å²) < 4.78 is 7.52. The van der Waals surface area contributed by atoms with Gasteiger partial charge in [-0.15, -0.1) is 0 Å². The van der Waals surface area contributed by atoms with Gasteiger partial charge in [-0.1, -0.05) is 0 Å². The lowest BCUT2D eigenvalue weighted by molar-refractivity contribution is 0.0165. The van der Waals surface area contributed by atoms with Crippen molar-refractivity contribution >= 4 is 23.1 Å². The molecule has 1 amide bonds. The van der Waals surface area contributed by atoms with Gasteiger partial charge in [-0.25, -0.2) is 14.6 Å². The molecule has 0 radical (unpaired) electrons. The normalized spacial score (nSPS) is 17.0. The van der Waals surface area contributed by atoms with Gasteiger partial charge in [0.05, 0.1) is 5.56 Å². The number of carboxylic acid groups (broad SMARTS) is 1. The number of aromatic nitrogens is 2. The van der Waals surface area contributed by atoms with Crippen LogP contribution in [0.5, 0.6) is 0 Å². The Balaban J connectivity index is 1.80. The molecule has 7 nitrogen and oxygen atoms in total. The highest BCUT2D eigenvalue weighted by molar-refractivity contribution is 6.04. The average Bonchev–Trinajstić information content (AvgIpc) is 2.91. The van der Waals surface area contributed by atoms with Gasteiger partial charge in [-0.3, -0.25) is 0 Å². The molecule has 1 aliphatic rings. The second kappa shape index (κ2) is 7.45. The Morgan fingerprint density at radius 1 is 1.29 bits per heavy atom. The van der Waals surface area contributed by atoms with Crippen molar-refractivity contribution in [1.29, 1.82) is 0 Å². The molecule has 0 unspecified atom stereocenters. The Kier molecular flexibility index (Phi) is 5.37.